The third-order valence-electron chi connectivity index (χ3n) is 4.54. The van der Waals surface area contributed by atoms with Crippen molar-refractivity contribution in [2.75, 3.05) is 32.6 Å². The van der Waals surface area contributed by atoms with Crippen molar-refractivity contribution in [3.8, 4) is 11.5 Å². The molecule has 1 aliphatic rings. The Morgan fingerprint density at radius 3 is 2.56 bits per heavy atom. The third-order valence-corrected chi connectivity index (χ3v) is 5.30. The topological polar surface area (TPSA) is 107 Å². The van der Waals surface area contributed by atoms with Crippen molar-refractivity contribution in [1.82, 2.24) is 9.88 Å². The first-order valence-electron chi connectivity index (χ1n) is 8.55. The second-order valence-corrected chi connectivity index (χ2v) is 7.06. The summed E-state index contributed by atoms with van der Waals surface area (Å²) in [5, 5.41) is 5.51. The SMILES string of the molecule is COc1ccc(Nc2nc(C(=O)N3CCC(C(N)=O)CC3)cs2)cc1OC. The largest absolute Gasteiger partial charge is 0.493 e. The minimum atomic E-state index is -0.294. The predicted molar refractivity (Wildman–Crippen MR) is 103 cm³/mol. The van der Waals surface area contributed by atoms with E-state index in [0.717, 1.165) is 5.69 Å². The quantitative estimate of drug-likeness (QED) is 0.783. The second-order valence-electron chi connectivity index (χ2n) is 6.20. The molecule has 2 amide bonds. The van der Waals surface area contributed by atoms with Crippen molar-refractivity contribution < 1.29 is 19.1 Å². The van der Waals surface area contributed by atoms with E-state index in [1.807, 2.05) is 6.07 Å². The number of nitrogens with zero attached hydrogens (tertiary/aromatic N) is 2. The van der Waals surface area contributed by atoms with Crippen LogP contribution in [0.3, 0.4) is 0 Å². The van der Waals surface area contributed by atoms with Gasteiger partial charge in [-0.1, -0.05) is 0 Å². The molecule has 1 aromatic carbocycles. The minimum Gasteiger partial charge on any atom is -0.493 e. The van der Waals surface area contributed by atoms with Gasteiger partial charge in [0.1, 0.15) is 5.69 Å². The Kier molecular flexibility index (Phi) is 5.80. The van der Waals surface area contributed by atoms with Crippen molar-refractivity contribution in [3.63, 3.8) is 0 Å². The summed E-state index contributed by atoms with van der Waals surface area (Å²) in [5.74, 6) is 0.670. The van der Waals surface area contributed by atoms with Crippen LogP contribution in [-0.2, 0) is 4.79 Å². The summed E-state index contributed by atoms with van der Waals surface area (Å²) in [6.45, 7) is 1.03. The molecule has 1 aliphatic heterocycles. The summed E-state index contributed by atoms with van der Waals surface area (Å²) in [4.78, 5) is 30.0. The van der Waals surface area contributed by atoms with Crippen LogP contribution < -0.4 is 20.5 Å². The molecule has 0 spiro atoms. The van der Waals surface area contributed by atoms with Crippen LogP contribution in [0.1, 0.15) is 23.3 Å². The number of anilines is 2. The van der Waals surface area contributed by atoms with Crippen LogP contribution in [0.2, 0.25) is 0 Å². The molecule has 2 heterocycles. The highest BCUT2D eigenvalue weighted by molar-refractivity contribution is 7.14. The van der Waals surface area contributed by atoms with Crippen molar-refractivity contribution in [1.29, 1.82) is 0 Å². The fourth-order valence-electron chi connectivity index (χ4n) is 3.00. The van der Waals surface area contributed by atoms with E-state index >= 15 is 0 Å². The van der Waals surface area contributed by atoms with E-state index in [0.29, 0.717) is 48.3 Å². The molecule has 8 nitrogen and oxygen atoms in total. The normalized spacial score (nSPS) is 14.7. The molecule has 2 aromatic rings. The van der Waals surface area contributed by atoms with Gasteiger partial charge in [-0.15, -0.1) is 11.3 Å². The zero-order valence-corrected chi connectivity index (χ0v) is 16.0. The molecule has 0 aliphatic carbocycles. The zero-order chi connectivity index (χ0) is 19.4. The molecule has 0 saturated carbocycles. The van der Waals surface area contributed by atoms with E-state index in [2.05, 4.69) is 10.3 Å². The number of nitrogens with two attached hydrogens (primary N) is 1. The fraction of sp³-hybridized carbons (Fsp3) is 0.389. The van der Waals surface area contributed by atoms with Crippen molar-refractivity contribution in [2.45, 2.75) is 12.8 Å². The van der Waals surface area contributed by atoms with Crippen LogP contribution in [0.5, 0.6) is 11.5 Å². The van der Waals surface area contributed by atoms with E-state index < -0.39 is 0 Å². The smallest absolute Gasteiger partial charge is 0.273 e. The van der Waals surface area contributed by atoms with Crippen molar-refractivity contribution in [2.24, 2.45) is 11.7 Å². The summed E-state index contributed by atoms with van der Waals surface area (Å²) < 4.78 is 10.5. The Morgan fingerprint density at radius 2 is 1.93 bits per heavy atom. The summed E-state index contributed by atoms with van der Waals surface area (Å²) in [6, 6.07) is 5.44. The lowest BCUT2D eigenvalue weighted by molar-refractivity contribution is -0.123. The summed E-state index contributed by atoms with van der Waals surface area (Å²) in [6.07, 6.45) is 1.20. The number of primary amides is 1. The van der Waals surface area contributed by atoms with E-state index in [1.165, 1.54) is 11.3 Å². The summed E-state index contributed by atoms with van der Waals surface area (Å²) in [7, 11) is 3.15. The van der Waals surface area contributed by atoms with E-state index in [4.69, 9.17) is 15.2 Å². The number of rotatable bonds is 6. The maximum Gasteiger partial charge on any atom is 0.273 e. The molecule has 1 aromatic heterocycles. The lowest BCUT2D eigenvalue weighted by Gasteiger charge is -2.30. The van der Waals surface area contributed by atoms with E-state index in [9.17, 15) is 9.59 Å². The number of hydrogen-bond donors (Lipinski definition) is 2. The maximum atomic E-state index is 12.6. The molecular formula is C18H22N4O4S. The van der Waals surface area contributed by atoms with Crippen LogP contribution in [0, 0.1) is 5.92 Å². The molecule has 0 unspecified atom stereocenters. The van der Waals surface area contributed by atoms with Crippen LogP contribution in [0.25, 0.3) is 0 Å². The number of aromatic nitrogens is 1. The molecule has 0 radical (unpaired) electrons. The lowest BCUT2D eigenvalue weighted by Crippen LogP contribution is -2.41. The average Bonchev–Trinajstić information content (AvgIpc) is 3.15. The van der Waals surface area contributed by atoms with Gasteiger partial charge in [0.05, 0.1) is 14.2 Å². The Labute approximate surface area is 161 Å². The number of hydrogen-bond acceptors (Lipinski definition) is 7. The highest BCUT2D eigenvalue weighted by Crippen LogP contribution is 2.32. The van der Waals surface area contributed by atoms with Crippen molar-refractivity contribution >= 4 is 34.0 Å². The molecule has 144 valence electrons. The standard InChI is InChI=1S/C18H22N4O4S/c1-25-14-4-3-12(9-15(14)26-2)20-18-21-13(10-27-18)17(24)22-7-5-11(6-8-22)16(19)23/h3-4,9-11H,5-8H2,1-2H3,(H2,19,23)(H,20,21). The first-order valence-corrected chi connectivity index (χ1v) is 9.43. The number of ether oxygens (including phenoxy) is 2. The molecule has 3 N–H and O–H groups in total. The fourth-order valence-corrected chi connectivity index (χ4v) is 3.70. The number of thiazole rings is 1. The van der Waals surface area contributed by atoms with Gasteiger partial charge in [0.25, 0.3) is 5.91 Å². The number of methoxy groups -OCH3 is 2. The first-order chi connectivity index (χ1) is 13.0. The van der Waals surface area contributed by atoms with Crippen LogP contribution in [0.4, 0.5) is 10.8 Å². The second kappa shape index (κ2) is 8.26. The number of carbonyl (C=O) groups excluding carboxylic acids is 2. The number of likely N-dealkylation sites (tertiary alicyclic amines) is 1. The van der Waals surface area contributed by atoms with Gasteiger partial charge in [0.15, 0.2) is 16.6 Å². The lowest BCUT2D eigenvalue weighted by atomic mass is 9.96. The molecule has 0 atom stereocenters. The monoisotopic (exact) mass is 390 g/mol. The Hall–Kier alpha value is -2.81. The Morgan fingerprint density at radius 1 is 1.22 bits per heavy atom. The number of piperidine rings is 1. The number of nitrogens with one attached hydrogen (secondary N) is 1. The first kappa shape index (κ1) is 19.0. The van der Waals surface area contributed by atoms with Gasteiger partial charge in [-0.2, -0.15) is 0 Å². The van der Waals surface area contributed by atoms with Crippen molar-refractivity contribution in [3.05, 3.63) is 29.3 Å². The minimum absolute atomic E-state index is 0.130. The van der Waals surface area contributed by atoms with Gasteiger partial charge in [-0.25, -0.2) is 4.98 Å². The van der Waals surface area contributed by atoms with Crippen LogP contribution >= 0.6 is 11.3 Å². The number of amides is 2. The van der Waals surface area contributed by atoms with Gasteiger partial charge >= 0.3 is 0 Å². The Balaban J connectivity index is 1.65. The highest BCUT2D eigenvalue weighted by Gasteiger charge is 2.27. The predicted octanol–water partition coefficient (Wildman–Crippen LogP) is 2.24. The number of benzene rings is 1. The average molecular weight is 390 g/mol. The van der Waals surface area contributed by atoms with Gasteiger partial charge in [0, 0.05) is 36.1 Å². The highest BCUT2D eigenvalue weighted by atomic mass is 32.1. The molecule has 27 heavy (non-hydrogen) atoms. The molecular weight excluding hydrogens is 368 g/mol. The molecule has 1 fully saturated rings. The van der Waals surface area contributed by atoms with Gasteiger partial charge in [0.2, 0.25) is 5.91 Å². The maximum absolute atomic E-state index is 12.6. The Bertz CT molecular complexity index is 831. The third kappa shape index (κ3) is 4.30. The van der Waals surface area contributed by atoms with Gasteiger partial charge in [-0.05, 0) is 25.0 Å². The molecule has 1 saturated heterocycles. The van der Waals surface area contributed by atoms with E-state index in [1.54, 1.807) is 36.6 Å². The zero-order valence-electron chi connectivity index (χ0n) is 15.2. The molecule has 9 heteroatoms. The van der Waals surface area contributed by atoms with Gasteiger partial charge < -0.3 is 25.4 Å². The number of carbonyl (C=O) groups is 2. The van der Waals surface area contributed by atoms with Crippen LogP contribution in [-0.4, -0.2) is 49.0 Å². The van der Waals surface area contributed by atoms with E-state index in [-0.39, 0.29) is 17.7 Å². The molecule has 3 rings (SSSR count). The molecule has 0 bridgehead atoms. The van der Waals surface area contributed by atoms with Crippen LogP contribution in [0.15, 0.2) is 23.6 Å². The summed E-state index contributed by atoms with van der Waals surface area (Å²) >= 11 is 1.35. The summed E-state index contributed by atoms with van der Waals surface area (Å²) in [5.41, 5.74) is 6.51. The van der Waals surface area contributed by atoms with Gasteiger partial charge in [-0.3, -0.25) is 9.59 Å².